The summed E-state index contributed by atoms with van der Waals surface area (Å²) in [4.78, 5) is 11.0. The highest BCUT2D eigenvalue weighted by Gasteiger charge is 2.34. The Morgan fingerprint density at radius 1 is 1.44 bits per heavy atom. The van der Waals surface area contributed by atoms with Crippen LogP contribution in [-0.4, -0.2) is 20.9 Å². The van der Waals surface area contributed by atoms with Crippen LogP contribution in [0.4, 0.5) is 0 Å². The zero-order valence-corrected chi connectivity index (χ0v) is 9.39. The van der Waals surface area contributed by atoms with Gasteiger partial charge in [0, 0.05) is 17.5 Å². The summed E-state index contributed by atoms with van der Waals surface area (Å²) in [5, 5.41) is 13.6. The maximum absolute atomic E-state index is 11.0. The molecule has 1 unspecified atom stereocenters. The molecular formula is C12H16N2O2. The van der Waals surface area contributed by atoms with Crippen molar-refractivity contribution < 1.29 is 9.90 Å². The van der Waals surface area contributed by atoms with E-state index < -0.39 is 12.0 Å². The van der Waals surface area contributed by atoms with Gasteiger partial charge in [0.15, 0.2) is 0 Å². The molecule has 0 aromatic carbocycles. The van der Waals surface area contributed by atoms with E-state index in [1.54, 1.807) is 11.6 Å². The van der Waals surface area contributed by atoms with Crippen molar-refractivity contribution in [3.8, 4) is 0 Å². The smallest absolute Gasteiger partial charge is 0.328 e. The first-order chi connectivity index (χ1) is 7.66. The number of carboxylic acids is 1. The largest absolute Gasteiger partial charge is 0.480 e. The van der Waals surface area contributed by atoms with Crippen molar-refractivity contribution in [3.05, 3.63) is 17.5 Å². The van der Waals surface area contributed by atoms with Crippen molar-refractivity contribution in [1.29, 1.82) is 0 Å². The molecule has 1 N–H and O–H groups in total. The van der Waals surface area contributed by atoms with Crippen LogP contribution in [0.2, 0.25) is 0 Å². The average Bonchev–Trinajstić information content (AvgIpc) is 3.14. The monoisotopic (exact) mass is 220 g/mol. The van der Waals surface area contributed by atoms with Crippen LogP contribution in [-0.2, 0) is 4.79 Å². The van der Waals surface area contributed by atoms with Gasteiger partial charge >= 0.3 is 5.97 Å². The third kappa shape index (κ3) is 1.62. The summed E-state index contributed by atoms with van der Waals surface area (Å²) in [7, 11) is 0. The molecule has 1 aromatic heterocycles. The number of aromatic nitrogens is 2. The van der Waals surface area contributed by atoms with Crippen LogP contribution >= 0.6 is 0 Å². The summed E-state index contributed by atoms with van der Waals surface area (Å²) >= 11 is 0. The maximum atomic E-state index is 11.0. The summed E-state index contributed by atoms with van der Waals surface area (Å²) in [5.74, 6) is 0.355. The zero-order valence-electron chi connectivity index (χ0n) is 9.39. The normalized spacial score (nSPS) is 22.1. The third-order valence-corrected chi connectivity index (χ3v) is 3.50. The molecule has 0 amide bonds. The minimum Gasteiger partial charge on any atom is -0.480 e. The molecule has 2 aliphatic rings. The fraction of sp³-hybridized carbons (Fsp3) is 0.667. The van der Waals surface area contributed by atoms with E-state index in [0.29, 0.717) is 11.8 Å². The van der Waals surface area contributed by atoms with Crippen LogP contribution < -0.4 is 0 Å². The zero-order chi connectivity index (χ0) is 11.3. The Morgan fingerprint density at radius 2 is 2.06 bits per heavy atom. The van der Waals surface area contributed by atoms with Gasteiger partial charge < -0.3 is 5.11 Å². The van der Waals surface area contributed by atoms with Gasteiger partial charge in [-0.2, -0.15) is 5.10 Å². The lowest BCUT2D eigenvalue weighted by atomic mass is 10.2. The molecule has 0 radical (unpaired) electrons. The Labute approximate surface area is 94.3 Å². The van der Waals surface area contributed by atoms with Crippen molar-refractivity contribution in [2.75, 3.05) is 0 Å². The second-order valence-corrected chi connectivity index (χ2v) is 5.00. The molecule has 3 rings (SSSR count). The van der Waals surface area contributed by atoms with Gasteiger partial charge in [-0.1, -0.05) is 0 Å². The Morgan fingerprint density at radius 3 is 2.56 bits per heavy atom. The molecule has 86 valence electrons. The average molecular weight is 220 g/mol. The van der Waals surface area contributed by atoms with Crippen molar-refractivity contribution in [3.63, 3.8) is 0 Å². The molecule has 0 saturated heterocycles. The van der Waals surface area contributed by atoms with Gasteiger partial charge in [-0.05, 0) is 38.7 Å². The van der Waals surface area contributed by atoms with Crippen molar-refractivity contribution in [1.82, 2.24) is 9.78 Å². The Kier molecular flexibility index (Phi) is 2.06. The van der Waals surface area contributed by atoms with E-state index in [1.165, 1.54) is 25.7 Å². The van der Waals surface area contributed by atoms with Crippen LogP contribution in [0.1, 0.15) is 61.9 Å². The lowest BCUT2D eigenvalue weighted by Crippen LogP contribution is -2.18. The quantitative estimate of drug-likeness (QED) is 0.846. The second kappa shape index (κ2) is 3.34. The maximum Gasteiger partial charge on any atom is 0.328 e. The first-order valence-corrected chi connectivity index (χ1v) is 5.99. The van der Waals surface area contributed by atoms with Crippen LogP contribution in [0.5, 0.6) is 0 Å². The first kappa shape index (κ1) is 9.87. The molecule has 2 aliphatic carbocycles. The number of rotatable bonds is 4. The van der Waals surface area contributed by atoms with Gasteiger partial charge in [0.2, 0.25) is 0 Å². The van der Waals surface area contributed by atoms with Gasteiger partial charge in [-0.3, -0.25) is 4.68 Å². The SMILES string of the molecule is CC(C(=O)O)n1nc(C2CC2)cc1C1CC1. The molecule has 0 spiro atoms. The van der Waals surface area contributed by atoms with E-state index in [2.05, 4.69) is 11.2 Å². The molecule has 0 aliphatic heterocycles. The van der Waals surface area contributed by atoms with E-state index in [-0.39, 0.29) is 0 Å². The van der Waals surface area contributed by atoms with E-state index in [4.69, 9.17) is 5.11 Å². The number of carbonyl (C=O) groups is 1. The van der Waals surface area contributed by atoms with Gasteiger partial charge in [-0.15, -0.1) is 0 Å². The van der Waals surface area contributed by atoms with E-state index in [9.17, 15) is 4.79 Å². The molecule has 0 bridgehead atoms. The Hall–Kier alpha value is -1.32. The molecule has 4 heteroatoms. The predicted octanol–water partition coefficient (Wildman–Crippen LogP) is 2.28. The van der Waals surface area contributed by atoms with Gasteiger partial charge in [-0.25, -0.2) is 4.79 Å². The summed E-state index contributed by atoms with van der Waals surface area (Å²) in [6.07, 6.45) is 4.79. The first-order valence-electron chi connectivity index (χ1n) is 5.99. The number of hydrogen-bond donors (Lipinski definition) is 1. The molecule has 1 atom stereocenters. The molecule has 4 nitrogen and oxygen atoms in total. The number of carboxylic acid groups (broad SMARTS) is 1. The molecule has 1 aromatic rings. The summed E-state index contributed by atoms with van der Waals surface area (Å²) in [5.41, 5.74) is 2.24. The lowest BCUT2D eigenvalue weighted by molar-refractivity contribution is -0.140. The fourth-order valence-corrected chi connectivity index (χ4v) is 2.11. The fourth-order valence-electron chi connectivity index (χ4n) is 2.11. The third-order valence-electron chi connectivity index (χ3n) is 3.50. The predicted molar refractivity (Wildman–Crippen MR) is 58.5 cm³/mol. The Balaban J connectivity index is 1.96. The number of aliphatic carboxylic acids is 1. The van der Waals surface area contributed by atoms with Gasteiger partial charge in [0.1, 0.15) is 6.04 Å². The minimum absolute atomic E-state index is 0.539. The molecular weight excluding hydrogens is 204 g/mol. The lowest BCUT2D eigenvalue weighted by Gasteiger charge is -2.10. The summed E-state index contributed by atoms with van der Waals surface area (Å²) < 4.78 is 1.73. The summed E-state index contributed by atoms with van der Waals surface area (Å²) in [6.45, 7) is 1.71. The molecule has 1 heterocycles. The topological polar surface area (TPSA) is 55.1 Å². The summed E-state index contributed by atoms with van der Waals surface area (Å²) in [6, 6.07) is 1.59. The van der Waals surface area contributed by atoms with Crippen LogP contribution in [0.25, 0.3) is 0 Å². The number of hydrogen-bond acceptors (Lipinski definition) is 2. The van der Waals surface area contributed by atoms with Crippen LogP contribution in [0.15, 0.2) is 6.07 Å². The van der Waals surface area contributed by atoms with Crippen molar-refractivity contribution in [2.24, 2.45) is 0 Å². The number of nitrogens with zero attached hydrogens (tertiary/aromatic N) is 2. The molecule has 2 saturated carbocycles. The van der Waals surface area contributed by atoms with Crippen molar-refractivity contribution in [2.45, 2.75) is 50.5 Å². The Bertz CT molecular complexity index is 430. The van der Waals surface area contributed by atoms with E-state index in [0.717, 1.165) is 11.4 Å². The van der Waals surface area contributed by atoms with E-state index >= 15 is 0 Å². The standard InChI is InChI=1S/C12H16N2O2/c1-7(12(15)16)14-11(9-4-5-9)6-10(13-14)8-2-3-8/h6-9H,2-5H2,1H3,(H,15,16). The molecule has 16 heavy (non-hydrogen) atoms. The highest BCUT2D eigenvalue weighted by molar-refractivity contribution is 5.71. The van der Waals surface area contributed by atoms with Gasteiger partial charge in [0.25, 0.3) is 0 Å². The van der Waals surface area contributed by atoms with Crippen LogP contribution in [0.3, 0.4) is 0 Å². The molecule has 2 fully saturated rings. The second-order valence-electron chi connectivity index (χ2n) is 5.00. The van der Waals surface area contributed by atoms with Gasteiger partial charge in [0.05, 0.1) is 5.69 Å². The van der Waals surface area contributed by atoms with Crippen LogP contribution in [0, 0.1) is 0 Å². The highest BCUT2D eigenvalue weighted by atomic mass is 16.4. The minimum atomic E-state index is -0.799. The highest BCUT2D eigenvalue weighted by Crippen LogP contribution is 2.45. The van der Waals surface area contributed by atoms with E-state index in [1.807, 2.05) is 0 Å². The van der Waals surface area contributed by atoms with Crippen molar-refractivity contribution >= 4 is 5.97 Å².